The predicted molar refractivity (Wildman–Crippen MR) is 88.5 cm³/mol. The third-order valence-electron chi connectivity index (χ3n) is 3.23. The van der Waals surface area contributed by atoms with Gasteiger partial charge < -0.3 is 9.32 Å². The quantitative estimate of drug-likeness (QED) is 0.822. The summed E-state index contributed by atoms with van der Waals surface area (Å²) >= 11 is 0. The van der Waals surface area contributed by atoms with Crippen LogP contribution in [0.15, 0.2) is 53.0 Å². The van der Waals surface area contributed by atoms with Crippen molar-refractivity contribution >= 4 is 12.0 Å². The number of hydrogen-bond donors (Lipinski definition) is 0. The molecule has 2 aromatic rings. The van der Waals surface area contributed by atoms with Crippen LogP contribution in [0.2, 0.25) is 0 Å². The molecule has 1 aromatic carbocycles. The molecule has 0 bridgehead atoms. The minimum Gasteiger partial charge on any atom is -0.455 e. The summed E-state index contributed by atoms with van der Waals surface area (Å²) in [7, 11) is 5.45. The molecule has 1 aromatic heterocycles. The van der Waals surface area contributed by atoms with Crippen LogP contribution < -0.4 is 0 Å². The van der Waals surface area contributed by atoms with E-state index in [-0.39, 0.29) is 5.91 Å². The van der Waals surface area contributed by atoms with E-state index < -0.39 is 0 Å². The molecule has 0 spiro atoms. The molecule has 1 amide bonds. The largest absolute Gasteiger partial charge is 0.455 e. The van der Waals surface area contributed by atoms with Crippen LogP contribution in [0.1, 0.15) is 21.9 Å². The van der Waals surface area contributed by atoms with Gasteiger partial charge in [-0.1, -0.05) is 42.5 Å². The highest BCUT2D eigenvalue weighted by molar-refractivity contribution is 5.91. The summed E-state index contributed by atoms with van der Waals surface area (Å²) in [6.45, 7) is 1.48. The van der Waals surface area contributed by atoms with E-state index in [4.69, 9.17) is 4.42 Å². The van der Waals surface area contributed by atoms with Gasteiger partial charge in [-0.15, -0.1) is 0 Å². The summed E-state index contributed by atoms with van der Waals surface area (Å²) in [4.78, 5) is 15.4. The lowest BCUT2D eigenvalue weighted by molar-refractivity contribution is 0.0793. The normalized spacial score (nSPS) is 11.3. The number of likely N-dealkylation sites (N-methyl/N-ethyl adjacent to an activating group) is 1. The Balaban J connectivity index is 1.86. The fraction of sp³-hybridized carbons (Fsp3) is 0.278. The van der Waals surface area contributed by atoms with Crippen LogP contribution in [0.25, 0.3) is 6.08 Å². The second-order valence-electron chi connectivity index (χ2n) is 5.48. The topological polar surface area (TPSA) is 36.7 Å². The van der Waals surface area contributed by atoms with E-state index in [1.165, 1.54) is 10.5 Å². The summed E-state index contributed by atoms with van der Waals surface area (Å²) in [5, 5.41) is 0. The molecule has 0 atom stereocenters. The molecule has 0 aliphatic rings. The zero-order chi connectivity index (χ0) is 15.9. The first-order chi connectivity index (χ1) is 10.6. The van der Waals surface area contributed by atoms with Crippen molar-refractivity contribution in [2.75, 3.05) is 27.7 Å². The van der Waals surface area contributed by atoms with Gasteiger partial charge in [-0.3, -0.25) is 9.69 Å². The van der Waals surface area contributed by atoms with E-state index in [0.29, 0.717) is 12.3 Å². The summed E-state index contributed by atoms with van der Waals surface area (Å²) in [5.41, 5.74) is 1.19. The molecule has 4 heteroatoms. The summed E-state index contributed by atoms with van der Waals surface area (Å²) in [5.74, 6) is 1.06. The number of benzene rings is 1. The van der Waals surface area contributed by atoms with Crippen LogP contribution in [-0.2, 0) is 6.54 Å². The van der Waals surface area contributed by atoms with E-state index in [1.54, 1.807) is 20.2 Å². The zero-order valence-corrected chi connectivity index (χ0v) is 13.3. The van der Waals surface area contributed by atoms with Crippen LogP contribution in [-0.4, -0.2) is 43.4 Å². The molecule has 0 fully saturated rings. The van der Waals surface area contributed by atoms with Crippen molar-refractivity contribution in [3.8, 4) is 0 Å². The number of rotatable bonds is 6. The second-order valence-corrected chi connectivity index (χ2v) is 5.48. The fourth-order valence-electron chi connectivity index (χ4n) is 2.06. The molecule has 1 heterocycles. The van der Waals surface area contributed by atoms with E-state index >= 15 is 0 Å². The Labute approximate surface area is 131 Å². The number of furan rings is 1. The Bertz CT molecular complexity index is 630. The maximum atomic E-state index is 11.8. The Hall–Kier alpha value is -2.33. The van der Waals surface area contributed by atoms with Gasteiger partial charge in [0.1, 0.15) is 5.76 Å². The van der Waals surface area contributed by atoms with Crippen LogP contribution in [0.3, 0.4) is 0 Å². The van der Waals surface area contributed by atoms with Crippen LogP contribution in [0.5, 0.6) is 0 Å². The lowest BCUT2D eigenvalue weighted by Crippen LogP contribution is -2.21. The first-order valence-electron chi connectivity index (χ1n) is 7.27. The Morgan fingerprint density at radius 1 is 1.09 bits per heavy atom. The van der Waals surface area contributed by atoms with Crippen molar-refractivity contribution in [2.45, 2.75) is 6.54 Å². The third kappa shape index (κ3) is 4.60. The monoisotopic (exact) mass is 298 g/mol. The molecular weight excluding hydrogens is 276 g/mol. The van der Waals surface area contributed by atoms with E-state index in [0.717, 1.165) is 12.3 Å². The molecule has 0 radical (unpaired) electrons. The molecule has 4 nitrogen and oxygen atoms in total. The smallest absolute Gasteiger partial charge is 0.289 e. The highest BCUT2D eigenvalue weighted by Crippen LogP contribution is 2.11. The number of amides is 1. The maximum absolute atomic E-state index is 11.8. The van der Waals surface area contributed by atoms with Gasteiger partial charge in [0, 0.05) is 20.6 Å². The Morgan fingerprint density at radius 3 is 2.50 bits per heavy atom. The molecule has 22 heavy (non-hydrogen) atoms. The molecule has 0 aliphatic heterocycles. The molecule has 2 rings (SSSR count). The molecular formula is C18H22N2O2. The van der Waals surface area contributed by atoms with Crippen molar-refractivity contribution in [2.24, 2.45) is 0 Å². The van der Waals surface area contributed by atoms with Gasteiger partial charge >= 0.3 is 0 Å². The van der Waals surface area contributed by atoms with Gasteiger partial charge in [-0.25, -0.2) is 0 Å². The van der Waals surface area contributed by atoms with Crippen molar-refractivity contribution in [3.63, 3.8) is 0 Å². The summed E-state index contributed by atoms with van der Waals surface area (Å²) < 4.78 is 5.59. The van der Waals surface area contributed by atoms with Crippen LogP contribution in [0.4, 0.5) is 0 Å². The Morgan fingerprint density at radius 2 is 1.82 bits per heavy atom. The van der Waals surface area contributed by atoms with Gasteiger partial charge in [-0.05, 0) is 24.7 Å². The average molecular weight is 298 g/mol. The molecule has 0 saturated carbocycles. The van der Waals surface area contributed by atoms with Crippen molar-refractivity contribution in [1.29, 1.82) is 0 Å². The average Bonchev–Trinajstić information content (AvgIpc) is 2.95. The van der Waals surface area contributed by atoms with Gasteiger partial charge in [-0.2, -0.15) is 0 Å². The molecule has 0 aliphatic carbocycles. The number of hydrogen-bond acceptors (Lipinski definition) is 3. The number of carbonyl (C=O) groups excluding carboxylic acids is 1. The first kappa shape index (κ1) is 16.0. The first-order valence-corrected chi connectivity index (χ1v) is 7.27. The van der Waals surface area contributed by atoms with Crippen LogP contribution >= 0.6 is 0 Å². The van der Waals surface area contributed by atoms with Gasteiger partial charge in [0.25, 0.3) is 5.91 Å². The summed E-state index contributed by atoms with van der Waals surface area (Å²) in [6.07, 6.45) is 4.21. The van der Waals surface area contributed by atoms with Crippen LogP contribution in [0, 0.1) is 0 Å². The Kier molecular flexibility index (Phi) is 5.55. The van der Waals surface area contributed by atoms with Crippen molar-refractivity contribution in [1.82, 2.24) is 9.80 Å². The molecule has 0 N–H and O–H groups in total. The van der Waals surface area contributed by atoms with Gasteiger partial charge in [0.15, 0.2) is 5.76 Å². The van der Waals surface area contributed by atoms with Crippen molar-refractivity contribution in [3.05, 3.63) is 65.6 Å². The predicted octanol–water partition coefficient (Wildman–Crippen LogP) is 3.13. The third-order valence-corrected chi connectivity index (χ3v) is 3.23. The molecule has 0 unspecified atom stereocenters. The highest BCUT2D eigenvalue weighted by atomic mass is 16.4. The molecule has 116 valence electrons. The molecule has 0 saturated heterocycles. The lowest BCUT2D eigenvalue weighted by atomic mass is 10.2. The van der Waals surface area contributed by atoms with Gasteiger partial charge in [0.2, 0.25) is 0 Å². The van der Waals surface area contributed by atoms with E-state index in [1.807, 2.05) is 31.3 Å². The standard InChI is InChI=1S/C18H22N2O2/c1-19(2)18(21)17-12-11-16(22-17)14-20(3)13-7-10-15-8-5-4-6-9-15/h4-12H,13-14H2,1-3H3. The lowest BCUT2D eigenvalue weighted by Gasteiger charge is -2.12. The SMILES string of the molecule is CN(CC=Cc1ccccc1)Cc1ccc(C(=O)N(C)C)o1. The second kappa shape index (κ2) is 7.61. The van der Waals surface area contributed by atoms with Crippen molar-refractivity contribution < 1.29 is 9.21 Å². The summed E-state index contributed by atoms with van der Waals surface area (Å²) in [6, 6.07) is 13.8. The maximum Gasteiger partial charge on any atom is 0.289 e. The number of nitrogens with zero attached hydrogens (tertiary/aromatic N) is 2. The van der Waals surface area contributed by atoms with E-state index in [9.17, 15) is 4.79 Å². The number of carbonyl (C=O) groups is 1. The fourth-order valence-corrected chi connectivity index (χ4v) is 2.06. The minimum atomic E-state index is -0.113. The van der Waals surface area contributed by atoms with Gasteiger partial charge in [0.05, 0.1) is 6.54 Å². The van der Waals surface area contributed by atoms with E-state index in [2.05, 4.69) is 29.2 Å². The zero-order valence-electron chi connectivity index (χ0n) is 13.3. The minimum absolute atomic E-state index is 0.113. The highest BCUT2D eigenvalue weighted by Gasteiger charge is 2.13.